The molecule has 0 radical (unpaired) electrons. The van der Waals surface area contributed by atoms with Gasteiger partial charge in [-0.05, 0) is 36.7 Å². The van der Waals surface area contributed by atoms with Crippen molar-refractivity contribution in [1.82, 2.24) is 14.7 Å². The molecule has 2 aromatic rings. The molecule has 1 atom stereocenters. The summed E-state index contributed by atoms with van der Waals surface area (Å²) >= 11 is 20.9. The second-order valence-electron chi connectivity index (χ2n) is 10.4. The first-order valence-electron chi connectivity index (χ1n) is 13.7. The average Bonchev–Trinajstić information content (AvgIpc) is 2.92. The highest BCUT2D eigenvalue weighted by Crippen LogP contribution is 2.38. The number of rotatable bonds is 8. The highest BCUT2D eigenvalue weighted by Gasteiger charge is 2.33. The Balaban J connectivity index is 0.000000909. The number of hydrogen-bond donors (Lipinski definition) is 1. The van der Waals surface area contributed by atoms with E-state index in [2.05, 4.69) is 21.6 Å². The van der Waals surface area contributed by atoms with Crippen molar-refractivity contribution in [3.63, 3.8) is 0 Å². The second-order valence-corrected chi connectivity index (χ2v) is 12.9. The largest absolute Gasteiger partial charge is 0.486 e. The van der Waals surface area contributed by atoms with E-state index < -0.39 is 5.97 Å². The van der Waals surface area contributed by atoms with Gasteiger partial charge in [-0.15, -0.1) is 0 Å². The molecule has 0 unspecified atom stereocenters. The zero-order valence-corrected chi connectivity index (χ0v) is 26.4. The van der Waals surface area contributed by atoms with Gasteiger partial charge in [0.05, 0.1) is 15.6 Å². The molecule has 12 heteroatoms. The molecule has 0 saturated carbocycles. The third-order valence-corrected chi connectivity index (χ3v) is 9.29. The van der Waals surface area contributed by atoms with Crippen molar-refractivity contribution in [2.75, 3.05) is 71.0 Å². The fourth-order valence-electron chi connectivity index (χ4n) is 5.26. The number of nitrogens with zero attached hydrogens (tertiary/aromatic N) is 3. The van der Waals surface area contributed by atoms with Crippen molar-refractivity contribution in [1.29, 1.82) is 0 Å². The van der Waals surface area contributed by atoms with Crippen LogP contribution in [0.3, 0.4) is 0 Å². The molecule has 2 aromatic carbocycles. The number of hydrogen-bond acceptors (Lipinski definition) is 7. The van der Waals surface area contributed by atoms with E-state index in [0.717, 1.165) is 38.5 Å². The van der Waals surface area contributed by atoms with Gasteiger partial charge in [0.1, 0.15) is 13.2 Å². The summed E-state index contributed by atoms with van der Waals surface area (Å²) < 4.78 is 11.5. The van der Waals surface area contributed by atoms with Crippen LogP contribution in [0.5, 0.6) is 11.5 Å². The Hall–Kier alpha value is -1.88. The summed E-state index contributed by atoms with van der Waals surface area (Å²) in [4.78, 5) is 29.4. The lowest BCUT2D eigenvalue weighted by Gasteiger charge is -2.47. The number of carbonyl (C=O) groups excluding carboxylic acids is 1. The van der Waals surface area contributed by atoms with Crippen molar-refractivity contribution in [3.8, 4) is 11.5 Å². The molecule has 41 heavy (non-hydrogen) atoms. The highest BCUT2D eigenvalue weighted by atomic mass is 35.5. The van der Waals surface area contributed by atoms with E-state index in [-0.39, 0.29) is 11.8 Å². The molecule has 1 amide bonds. The molecule has 1 N–H and O–H groups in total. The van der Waals surface area contributed by atoms with Crippen LogP contribution in [-0.4, -0.2) is 109 Å². The Labute approximate surface area is 260 Å². The first-order valence-corrected chi connectivity index (χ1v) is 15.9. The fourth-order valence-corrected chi connectivity index (χ4v) is 6.71. The topological polar surface area (TPSA) is 82.6 Å². The van der Waals surface area contributed by atoms with Gasteiger partial charge in [-0.1, -0.05) is 40.9 Å². The maximum Gasteiger partial charge on any atom is 0.300 e. The van der Waals surface area contributed by atoms with E-state index in [1.807, 2.05) is 25.2 Å². The number of carboxylic acids is 1. The Morgan fingerprint density at radius 1 is 1.07 bits per heavy atom. The third kappa shape index (κ3) is 8.81. The lowest BCUT2D eigenvalue weighted by atomic mass is 9.93. The summed E-state index contributed by atoms with van der Waals surface area (Å²) in [6, 6.07) is 9.79. The Kier molecular flexibility index (Phi) is 11.7. The average molecular weight is 645 g/mol. The first-order chi connectivity index (χ1) is 19.6. The summed E-state index contributed by atoms with van der Waals surface area (Å²) in [6.45, 7) is 8.03. The minimum Gasteiger partial charge on any atom is -0.486 e. The van der Waals surface area contributed by atoms with E-state index in [0.29, 0.717) is 57.9 Å². The normalized spacial score (nSPS) is 18.1. The number of likely N-dealkylation sites (tertiary alicyclic amines) is 1. The van der Waals surface area contributed by atoms with Gasteiger partial charge in [-0.25, -0.2) is 0 Å². The van der Waals surface area contributed by atoms with Crippen LogP contribution in [0.2, 0.25) is 15.1 Å². The van der Waals surface area contributed by atoms with Crippen LogP contribution in [0.15, 0.2) is 30.3 Å². The van der Waals surface area contributed by atoms with Gasteiger partial charge in [0.15, 0.2) is 11.5 Å². The molecular formula is C29H36Cl3N3O5S. The van der Waals surface area contributed by atoms with E-state index in [9.17, 15) is 4.79 Å². The van der Waals surface area contributed by atoms with E-state index in [4.69, 9.17) is 54.2 Å². The Morgan fingerprint density at radius 3 is 2.44 bits per heavy atom. The predicted octanol–water partition coefficient (Wildman–Crippen LogP) is 5.49. The number of carboxylic acid groups (broad SMARTS) is 1. The number of halogens is 3. The number of thioether (sulfide) groups is 1. The molecule has 5 rings (SSSR count). The van der Waals surface area contributed by atoms with Crippen LogP contribution >= 0.6 is 46.6 Å². The van der Waals surface area contributed by atoms with E-state index in [1.54, 1.807) is 17.0 Å². The minimum absolute atomic E-state index is 0.0985. The number of carbonyl (C=O) groups is 2. The zero-order chi connectivity index (χ0) is 29.5. The molecule has 0 bridgehead atoms. The van der Waals surface area contributed by atoms with Gasteiger partial charge in [0.2, 0.25) is 0 Å². The summed E-state index contributed by atoms with van der Waals surface area (Å²) in [5, 5.41) is 8.92. The maximum atomic E-state index is 13.5. The standard InChI is InChI=1S/C27H32Cl3N3O3S.C2H4O2/c1-31(27(34)22-13-20(28)14-25-26(22)36-9-8-35-25)15-19(18-2-3-23(29)24(30)12-18)4-5-32-16-21(17-32)33-6-10-37-11-7-33;1-2(3)4/h2-3,12-14,19,21H,4-11,15-17H2,1H3;1H3,(H,3,4)/t19-;/m1./s1. The molecule has 0 aromatic heterocycles. The number of likely N-dealkylation sites (N-methyl/N-ethyl adjacent to an activating group) is 1. The number of aliphatic carboxylic acids is 1. The van der Waals surface area contributed by atoms with Gasteiger partial charge in [-0.3, -0.25) is 14.5 Å². The van der Waals surface area contributed by atoms with Crippen LogP contribution in [-0.2, 0) is 4.79 Å². The van der Waals surface area contributed by atoms with Crippen LogP contribution in [0.25, 0.3) is 0 Å². The smallest absolute Gasteiger partial charge is 0.300 e. The van der Waals surface area contributed by atoms with E-state index >= 15 is 0 Å². The minimum atomic E-state index is -0.833. The molecular weight excluding hydrogens is 609 g/mol. The Bertz CT molecular complexity index is 1220. The molecule has 8 nitrogen and oxygen atoms in total. The number of ether oxygens (including phenoxy) is 2. The summed E-state index contributed by atoms with van der Waals surface area (Å²) in [6.07, 6.45) is 0.908. The molecule has 3 aliphatic heterocycles. The summed E-state index contributed by atoms with van der Waals surface area (Å²) in [7, 11) is 1.82. The molecule has 2 saturated heterocycles. The van der Waals surface area contributed by atoms with Gasteiger partial charge in [-0.2, -0.15) is 11.8 Å². The van der Waals surface area contributed by atoms with Crippen LogP contribution in [0.1, 0.15) is 35.2 Å². The zero-order valence-electron chi connectivity index (χ0n) is 23.3. The molecule has 0 spiro atoms. The van der Waals surface area contributed by atoms with Crippen LogP contribution in [0.4, 0.5) is 0 Å². The van der Waals surface area contributed by atoms with Crippen molar-refractivity contribution < 1.29 is 24.2 Å². The molecule has 3 aliphatic rings. The predicted molar refractivity (Wildman–Crippen MR) is 166 cm³/mol. The van der Waals surface area contributed by atoms with Gasteiger partial charge < -0.3 is 24.4 Å². The van der Waals surface area contributed by atoms with E-state index in [1.165, 1.54) is 24.6 Å². The number of amides is 1. The fraction of sp³-hybridized carbons (Fsp3) is 0.517. The lowest BCUT2D eigenvalue weighted by Crippen LogP contribution is -2.61. The van der Waals surface area contributed by atoms with Crippen LogP contribution < -0.4 is 9.47 Å². The van der Waals surface area contributed by atoms with Gasteiger partial charge >= 0.3 is 0 Å². The second kappa shape index (κ2) is 15.0. The third-order valence-electron chi connectivity index (χ3n) is 7.39. The number of fused-ring (bicyclic) bond motifs is 1. The SMILES string of the molecule is CC(=O)O.CN(C[C@@H](CCN1CC(N2CCSCC2)C1)c1ccc(Cl)c(Cl)c1)C(=O)c1cc(Cl)cc2c1OCCO2. The van der Waals surface area contributed by atoms with Crippen molar-refractivity contribution in [2.45, 2.75) is 25.3 Å². The van der Waals surface area contributed by atoms with Crippen molar-refractivity contribution in [3.05, 3.63) is 56.5 Å². The van der Waals surface area contributed by atoms with Crippen molar-refractivity contribution in [2.24, 2.45) is 0 Å². The van der Waals surface area contributed by atoms with Gasteiger partial charge in [0.25, 0.3) is 11.9 Å². The first kappa shape index (κ1) is 32.0. The summed E-state index contributed by atoms with van der Waals surface area (Å²) in [5.41, 5.74) is 1.50. The highest BCUT2D eigenvalue weighted by molar-refractivity contribution is 7.99. The van der Waals surface area contributed by atoms with Gasteiger partial charge in [0, 0.05) is 81.2 Å². The molecule has 3 heterocycles. The number of benzene rings is 2. The quantitative estimate of drug-likeness (QED) is 0.404. The molecule has 2 fully saturated rings. The lowest BCUT2D eigenvalue weighted by molar-refractivity contribution is -0.134. The Morgan fingerprint density at radius 2 is 1.76 bits per heavy atom. The molecule has 224 valence electrons. The van der Waals surface area contributed by atoms with Crippen LogP contribution in [0, 0.1) is 0 Å². The maximum absolute atomic E-state index is 13.5. The monoisotopic (exact) mass is 643 g/mol. The van der Waals surface area contributed by atoms with Crippen molar-refractivity contribution >= 4 is 58.4 Å². The molecule has 0 aliphatic carbocycles. The summed E-state index contributed by atoms with van der Waals surface area (Å²) in [5.74, 6) is 2.56.